The molecule has 0 bridgehead atoms. The van der Waals surface area contributed by atoms with Crippen LogP contribution >= 0.6 is 0 Å². The number of likely N-dealkylation sites (N-methyl/N-ethyl adjacent to an activating group) is 1. The van der Waals surface area contributed by atoms with Gasteiger partial charge in [-0.2, -0.15) is 5.26 Å². The lowest BCUT2D eigenvalue weighted by Crippen LogP contribution is -2.31. The number of piperidine rings is 1. The van der Waals surface area contributed by atoms with E-state index in [1.165, 1.54) is 6.42 Å². The van der Waals surface area contributed by atoms with E-state index in [-0.39, 0.29) is 0 Å². The zero-order valence-electron chi connectivity index (χ0n) is 9.77. The molecule has 0 saturated carbocycles. The van der Waals surface area contributed by atoms with Gasteiger partial charge in [0.05, 0.1) is 0 Å². The number of rotatable bonds is 1. The van der Waals surface area contributed by atoms with E-state index in [1.807, 2.05) is 19.1 Å². The maximum Gasteiger partial charge on any atom is 0.232 e. The number of nitriles is 1. The standard InChI is InChI=1S/C12H16N4/c1-9-6-11(15-12(7-13)14-9)10-4-3-5-16(2)8-10/h6,10H,3-5,8H2,1-2H3. The first-order chi connectivity index (χ1) is 7.69. The normalized spacial score (nSPS) is 21.7. The van der Waals surface area contributed by atoms with Gasteiger partial charge in [-0.05, 0) is 39.4 Å². The predicted molar refractivity (Wildman–Crippen MR) is 61.0 cm³/mol. The largest absolute Gasteiger partial charge is 0.306 e. The zero-order valence-corrected chi connectivity index (χ0v) is 9.77. The van der Waals surface area contributed by atoms with Crippen LogP contribution in [0.2, 0.25) is 0 Å². The van der Waals surface area contributed by atoms with Crippen LogP contribution in [0, 0.1) is 18.3 Å². The Morgan fingerprint density at radius 2 is 2.31 bits per heavy atom. The minimum absolute atomic E-state index is 0.295. The molecule has 0 aromatic carbocycles. The third-order valence-electron chi connectivity index (χ3n) is 3.02. The van der Waals surface area contributed by atoms with E-state index in [9.17, 15) is 0 Å². The van der Waals surface area contributed by atoms with Gasteiger partial charge in [-0.25, -0.2) is 9.97 Å². The van der Waals surface area contributed by atoms with Crippen molar-refractivity contribution in [3.63, 3.8) is 0 Å². The molecule has 0 radical (unpaired) electrons. The summed E-state index contributed by atoms with van der Waals surface area (Å²) in [7, 11) is 2.13. The van der Waals surface area contributed by atoms with Crippen LogP contribution in [0.4, 0.5) is 0 Å². The molecule has 0 aliphatic carbocycles. The van der Waals surface area contributed by atoms with Crippen molar-refractivity contribution in [1.82, 2.24) is 14.9 Å². The molecule has 0 spiro atoms. The molecule has 1 aromatic rings. The van der Waals surface area contributed by atoms with Crippen molar-refractivity contribution in [3.8, 4) is 6.07 Å². The van der Waals surface area contributed by atoms with Crippen LogP contribution in [-0.4, -0.2) is 35.0 Å². The molecule has 4 heteroatoms. The van der Waals surface area contributed by atoms with Crippen LogP contribution in [0.3, 0.4) is 0 Å². The SMILES string of the molecule is Cc1cc(C2CCCN(C)C2)nc(C#N)n1. The maximum atomic E-state index is 8.85. The molecular weight excluding hydrogens is 200 g/mol. The summed E-state index contributed by atoms with van der Waals surface area (Å²) < 4.78 is 0. The second kappa shape index (κ2) is 4.58. The van der Waals surface area contributed by atoms with E-state index in [0.29, 0.717) is 11.7 Å². The average Bonchev–Trinajstić information content (AvgIpc) is 2.28. The Morgan fingerprint density at radius 1 is 1.50 bits per heavy atom. The van der Waals surface area contributed by atoms with E-state index in [0.717, 1.165) is 30.9 Å². The van der Waals surface area contributed by atoms with Gasteiger partial charge in [0, 0.05) is 23.9 Å². The summed E-state index contributed by atoms with van der Waals surface area (Å²) in [6, 6.07) is 4.03. The van der Waals surface area contributed by atoms with E-state index in [4.69, 9.17) is 5.26 Å². The van der Waals surface area contributed by atoms with E-state index in [1.54, 1.807) is 0 Å². The molecule has 0 amide bonds. The second-order valence-corrected chi connectivity index (χ2v) is 4.47. The molecular formula is C12H16N4. The Balaban J connectivity index is 2.26. The lowest BCUT2D eigenvalue weighted by molar-refractivity contribution is 0.248. The van der Waals surface area contributed by atoms with Gasteiger partial charge < -0.3 is 4.90 Å². The van der Waals surface area contributed by atoms with Crippen LogP contribution in [0.5, 0.6) is 0 Å². The van der Waals surface area contributed by atoms with Gasteiger partial charge in [0.25, 0.3) is 0 Å². The van der Waals surface area contributed by atoms with Crippen molar-refractivity contribution in [2.45, 2.75) is 25.7 Å². The molecule has 1 aromatic heterocycles. The molecule has 1 fully saturated rings. The van der Waals surface area contributed by atoms with Gasteiger partial charge in [0.1, 0.15) is 6.07 Å². The van der Waals surface area contributed by atoms with Crippen molar-refractivity contribution in [3.05, 3.63) is 23.3 Å². The molecule has 2 rings (SSSR count). The first-order valence-electron chi connectivity index (χ1n) is 5.63. The molecule has 1 atom stereocenters. The topological polar surface area (TPSA) is 52.8 Å². The molecule has 0 N–H and O–H groups in total. The van der Waals surface area contributed by atoms with Gasteiger partial charge in [-0.15, -0.1) is 0 Å². The summed E-state index contributed by atoms with van der Waals surface area (Å²) >= 11 is 0. The highest BCUT2D eigenvalue weighted by Gasteiger charge is 2.20. The summed E-state index contributed by atoms with van der Waals surface area (Å²) in [5.74, 6) is 0.746. The van der Waals surface area contributed by atoms with E-state index >= 15 is 0 Å². The fraction of sp³-hybridized carbons (Fsp3) is 0.583. The summed E-state index contributed by atoms with van der Waals surface area (Å²) in [5.41, 5.74) is 1.91. The van der Waals surface area contributed by atoms with E-state index in [2.05, 4.69) is 21.9 Å². The number of likely N-dealkylation sites (tertiary alicyclic amines) is 1. The van der Waals surface area contributed by atoms with Crippen LogP contribution in [0.15, 0.2) is 6.07 Å². The van der Waals surface area contributed by atoms with Gasteiger partial charge in [-0.3, -0.25) is 0 Å². The first-order valence-corrected chi connectivity index (χ1v) is 5.63. The third-order valence-corrected chi connectivity index (χ3v) is 3.02. The fourth-order valence-corrected chi connectivity index (χ4v) is 2.26. The number of hydrogen-bond donors (Lipinski definition) is 0. The Hall–Kier alpha value is -1.47. The third kappa shape index (κ3) is 2.37. The smallest absolute Gasteiger partial charge is 0.232 e. The minimum atomic E-state index is 0.295. The summed E-state index contributed by atoms with van der Waals surface area (Å²) in [6.07, 6.45) is 2.36. The minimum Gasteiger partial charge on any atom is -0.306 e. The molecule has 4 nitrogen and oxygen atoms in total. The van der Waals surface area contributed by atoms with Gasteiger partial charge in [-0.1, -0.05) is 0 Å². The van der Waals surface area contributed by atoms with Crippen LogP contribution in [0.25, 0.3) is 0 Å². The van der Waals surface area contributed by atoms with Crippen molar-refractivity contribution >= 4 is 0 Å². The number of aryl methyl sites for hydroxylation is 1. The first kappa shape index (κ1) is 11.0. The Bertz CT molecular complexity index is 422. The van der Waals surface area contributed by atoms with Crippen molar-refractivity contribution < 1.29 is 0 Å². The highest BCUT2D eigenvalue weighted by Crippen LogP contribution is 2.24. The Kier molecular flexibility index (Phi) is 3.16. The fourth-order valence-electron chi connectivity index (χ4n) is 2.26. The second-order valence-electron chi connectivity index (χ2n) is 4.47. The lowest BCUT2D eigenvalue weighted by Gasteiger charge is -2.29. The van der Waals surface area contributed by atoms with Crippen LogP contribution < -0.4 is 0 Å². The van der Waals surface area contributed by atoms with Crippen LogP contribution in [0.1, 0.15) is 36.0 Å². The Morgan fingerprint density at radius 3 is 3.00 bits per heavy atom. The Labute approximate surface area is 95.9 Å². The summed E-state index contributed by atoms with van der Waals surface area (Å²) in [4.78, 5) is 10.7. The molecule has 1 saturated heterocycles. The zero-order chi connectivity index (χ0) is 11.5. The van der Waals surface area contributed by atoms with Crippen LogP contribution in [-0.2, 0) is 0 Å². The number of nitrogens with zero attached hydrogens (tertiary/aromatic N) is 4. The maximum absolute atomic E-state index is 8.85. The number of aromatic nitrogens is 2. The molecule has 1 aliphatic rings. The predicted octanol–water partition coefficient (Wildman–Crippen LogP) is 1.47. The van der Waals surface area contributed by atoms with Gasteiger partial charge in [0.15, 0.2) is 0 Å². The molecule has 16 heavy (non-hydrogen) atoms. The average molecular weight is 216 g/mol. The molecule has 84 valence electrons. The summed E-state index contributed by atoms with van der Waals surface area (Å²) in [6.45, 7) is 4.10. The summed E-state index contributed by atoms with van der Waals surface area (Å²) in [5, 5.41) is 8.85. The van der Waals surface area contributed by atoms with Crippen molar-refractivity contribution in [1.29, 1.82) is 5.26 Å². The highest BCUT2D eigenvalue weighted by atomic mass is 15.1. The van der Waals surface area contributed by atoms with E-state index < -0.39 is 0 Å². The lowest BCUT2D eigenvalue weighted by atomic mass is 9.94. The molecule has 1 unspecified atom stereocenters. The monoisotopic (exact) mass is 216 g/mol. The van der Waals surface area contributed by atoms with Crippen molar-refractivity contribution in [2.75, 3.05) is 20.1 Å². The number of hydrogen-bond acceptors (Lipinski definition) is 4. The van der Waals surface area contributed by atoms with Gasteiger partial charge >= 0.3 is 0 Å². The highest BCUT2D eigenvalue weighted by molar-refractivity contribution is 5.20. The molecule has 1 aliphatic heterocycles. The van der Waals surface area contributed by atoms with Crippen molar-refractivity contribution in [2.24, 2.45) is 0 Å². The van der Waals surface area contributed by atoms with Gasteiger partial charge in [0.2, 0.25) is 5.82 Å². The quantitative estimate of drug-likeness (QED) is 0.713. The molecule has 2 heterocycles.